The molecule has 0 aliphatic heterocycles. The molecule has 1 heterocycles. The smallest absolute Gasteiger partial charge is 0.307 e. The second-order valence-corrected chi connectivity index (χ2v) is 4.79. The van der Waals surface area contributed by atoms with Crippen LogP contribution in [0.5, 0.6) is 0 Å². The Bertz CT molecular complexity index is 423. The summed E-state index contributed by atoms with van der Waals surface area (Å²) in [5, 5.41) is 0. The second-order valence-electron chi connectivity index (χ2n) is 4.79. The summed E-state index contributed by atoms with van der Waals surface area (Å²) < 4.78 is 9.88. The summed E-state index contributed by atoms with van der Waals surface area (Å²) in [6.45, 7) is 0.794. The number of amides is 1. The lowest BCUT2D eigenvalue weighted by molar-refractivity contribution is -0.143. The molecule has 0 saturated heterocycles. The van der Waals surface area contributed by atoms with Crippen LogP contribution in [0.25, 0.3) is 0 Å². The van der Waals surface area contributed by atoms with Crippen molar-refractivity contribution in [2.45, 2.75) is 32.2 Å². The molecule has 0 atom stereocenters. The number of rotatable bonds is 6. The molecule has 0 unspecified atom stereocenters. The van der Waals surface area contributed by atoms with Crippen LogP contribution in [0.3, 0.4) is 0 Å². The monoisotopic (exact) mass is 265 g/mol. The Kier molecular flexibility index (Phi) is 4.60. The van der Waals surface area contributed by atoms with E-state index in [4.69, 9.17) is 4.42 Å². The molecule has 104 valence electrons. The number of ether oxygens (including phenoxy) is 1. The summed E-state index contributed by atoms with van der Waals surface area (Å²) in [5.41, 5.74) is 0. The summed E-state index contributed by atoms with van der Waals surface area (Å²) in [4.78, 5) is 25.2. The molecule has 1 saturated carbocycles. The maximum atomic E-state index is 12.3. The number of methoxy groups -OCH3 is 1. The molecule has 1 fully saturated rings. The van der Waals surface area contributed by atoms with Crippen molar-refractivity contribution in [3.05, 3.63) is 24.2 Å². The van der Waals surface area contributed by atoms with E-state index in [9.17, 15) is 9.59 Å². The highest BCUT2D eigenvalue weighted by Crippen LogP contribution is 2.28. The molecule has 1 aliphatic carbocycles. The molecule has 0 aromatic carbocycles. The van der Waals surface area contributed by atoms with E-state index in [0.717, 1.165) is 25.0 Å². The van der Waals surface area contributed by atoms with Gasteiger partial charge in [-0.1, -0.05) is 6.42 Å². The van der Waals surface area contributed by atoms with Gasteiger partial charge in [0.2, 0.25) is 5.91 Å². The first-order valence-corrected chi connectivity index (χ1v) is 6.58. The van der Waals surface area contributed by atoms with Crippen LogP contribution in [-0.2, 0) is 20.9 Å². The van der Waals surface area contributed by atoms with Crippen LogP contribution < -0.4 is 0 Å². The van der Waals surface area contributed by atoms with Crippen LogP contribution >= 0.6 is 0 Å². The highest BCUT2D eigenvalue weighted by atomic mass is 16.5. The Morgan fingerprint density at radius 2 is 2.26 bits per heavy atom. The molecule has 1 aliphatic rings. The maximum absolute atomic E-state index is 12.3. The number of hydrogen-bond acceptors (Lipinski definition) is 4. The number of esters is 1. The van der Waals surface area contributed by atoms with Gasteiger partial charge < -0.3 is 14.1 Å². The average Bonchev–Trinajstić information content (AvgIpc) is 2.84. The third kappa shape index (κ3) is 3.59. The van der Waals surface area contributed by atoms with Crippen molar-refractivity contribution in [2.24, 2.45) is 5.92 Å². The van der Waals surface area contributed by atoms with Crippen LogP contribution in [0.1, 0.15) is 31.4 Å². The summed E-state index contributed by atoms with van der Waals surface area (Å²) in [6, 6.07) is 3.63. The quantitative estimate of drug-likeness (QED) is 0.738. The van der Waals surface area contributed by atoms with Gasteiger partial charge in [-0.2, -0.15) is 0 Å². The fourth-order valence-electron chi connectivity index (χ4n) is 2.10. The molecular weight excluding hydrogens is 246 g/mol. The Hall–Kier alpha value is -1.78. The molecule has 1 aromatic rings. The molecule has 5 nitrogen and oxygen atoms in total. The fourth-order valence-corrected chi connectivity index (χ4v) is 2.10. The molecule has 0 N–H and O–H groups in total. The van der Waals surface area contributed by atoms with E-state index in [1.165, 1.54) is 7.11 Å². The van der Waals surface area contributed by atoms with Crippen molar-refractivity contribution in [1.82, 2.24) is 4.90 Å². The molecule has 1 amide bonds. The average molecular weight is 265 g/mol. The number of carbonyl (C=O) groups excluding carboxylic acids is 2. The van der Waals surface area contributed by atoms with Gasteiger partial charge in [0.1, 0.15) is 5.76 Å². The van der Waals surface area contributed by atoms with Crippen molar-refractivity contribution in [3.8, 4) is 0 Å². The Morgan fingerprint density at radius 3 is 2.79 bits per heavy atom. The topological polar surface area (TPSA) is 59.8 Å². The minimum Gasteiger partial charge on any atom is -0.469 e. The first-order chi connectivity index (χ1) is 9.20. The molecule has 5 heteroatoms. The lowest BCUT2D eigenvalue weighted by atomic mass is 9.84. The lowest BCUT2D eigenvalue weighted by Crippen LogP contribution is -2.39. The van der Waals surface area contributed by atoms with Crippen molar-refractivity contribution in [3.63, 3.8) is 0 Å². The van der Waals surface area contributed by atoms with Crippen LogP contribution in [0.2, 0.25) is 0 Å². The highest BCUT2D eigenvalue weighted by molar-refractivity contribution is 5.80. The van der Waals surface area contributed by atoms with Crippen molar-refractivity contribution < 1.29 is 18.7 Å². The minimum absolute atomic E-state index is 0.117. The molecule has 19 heavy (non-hydrogen) atoms. The van der Waals surface area contributed by atoms with Crippen molar-refractivity contribution >= 4 is 11.9 Å². The largest absolute Gasteiger partial charge is 0.469 e. The van der Waals surface area contributed by atoms with E-state index in [-0.39, 0.29) is 24.2 Å². The Labute approximate surface area is 112 Å². The zero-order valence-corrected chi connectivity index (χ0v) is 11.1. The van der Waals surface area contributed by atoms with E-state index in [0.29, 0.717) is 13.1 Å². The molecule has 0 radical (unpaired) electrons. The van der Waals surface area contributed by atoms with Crippen LogP contribution in [-0.4, -0.2) is 30.4 Å². The number of nitrogens with zero attached hydrogens (tertiary/aromatic N) is 1. The molecule has 1 aromatic heterocycles. The number of carbonyl (C=O) groups is 2. The van der Waals surface area contributed by atoms with Gasteiger partial charge in [-0.15, -0.1) is 0 Å². The molecular formula is C14H19NO4. The van der Waals surface area contributed by atoms with Gasteiger partial charge in [0.25, 0.3) is 0 Å². The normalized spacial score (nSPS) is 14.8. The third-order valence-electron chi connectivity index (χ3n) is 3.51. The highest BCUT2D eigenvalue weighted by Gasteiger charge is 2.30. The standard InChI is InChI=1S/C14H19NO4/c1-18-13(16)7-8-15(10-12-6-3-9-19-12)14(17)11-4-2-5-11/h3,6,9,11H,2,4-5,7-8,10H2,1H3. The van der Waals surface area contributed by atoms with Crippen molar-refractivity contribution in [1.29, 1.82) is 0 Å². The minimum atomic E-state index is -0.300. The van der Waals surface area contributed by atoms with E-state index < -0.39 is 0 Å². The molecule has 0 spiro atoms. The predicted octanol–water partition coefficient (Wildman–Crippen LogP) is 1.97. The van der Waals surface area contributed by atoms with Gasteiger partial charge in [-0.3, -0.25) is 9.59 Å². The van der Waals surface area contributed by atoms with E-state index >= 15 is 0 Å². The van der Waals surface area contributed by atoms with Gasteiger partial charge in [0.05, 0.1) is 26.3 Å². The van der Waals surface area contributed by atoms with Crippen LogP contribution in [0.15, 0.2) is 22.8 Å². The van der Waals surface area contributed by atoms with Gasteiger partial charge in [-0.25, -0.2) is 0 Å². The van der Waals surface area contributed by atoms with Gasteiger partial charge in [0, 0.05) is 12.5 Å². The SMILES string of the molecule is COC(=O)CCN(Cc1ccco1)C(=O)C1CCC1. The second kappa shape index (κ2) is 6.41. The molecule has 0 bridgehead atoms. The predicted molar refractivity (Wildman–Crippen MR) is 68.1 cm³/mol. The van der Waals surface area contributed by atoms with E-state index in [1.54, 1.807) is 17.2 Å². The zero-order chi connectivity index (χ0) is 13.7. The Morgan fingerprint density at radius 1 is 1.47 bits per heavy atom. The number of furan rings is 1. The van der Waals surface area contributed by atoms with E-state index in [1.807, 2.05) is 6.07 Å². The maximum Gasteiger partial charge on any atom is 0.307 e. The van der Waals surface area contributed by atoms with Gasteiger partial charge in [-0.05, 0) is 25.0 Å². The first-order valence-electron chi connectivity index (χ1n) is 6.58. The summed E-state index contributed by atoms with van der Waals surface area (Å²) in [5.74, 6) is 0.669. The Balaban J connectivity index is 1.95. The summed E-state index contributed by atoms with van der Waals surface area (Å²) >= 11 is 0. The van der Waals surface area contributed by atoms with Crippen molar-refractivity contribution in [2.75, 3.05) is 13.7 Å². The van der Waals surface area contributed by atoms with E-state index in [2.05, 4.69) is 4.74 Å². The zero-order valence-electron chi connectivity index (χ0n) is 11.1. The number of hydrogen-bond donors (Lipinski definition) is 0. The molecule has 2 rings (SSSR count). The van der Waals surface area contributed by atoms with Crippen LogP contribution in [0, 0.1) is 5.92 Å². The lowest BCUT2D eigenvalue weighted by Gasteiger charge is -2.31. The fraction of sp³-hybridized carbons (Fsp3) is 0.571. The van der Waals surface area contributed by atoms with Gasteiger partial charge in [0.15, 0.2) is 0 Å². The summed E-state index contributed by atoms with van der Waals surface area (Å²) in [6.07, 6.45) is 4.82. The summed E-state index contributed by atoms with van der Waals surface area (Å²) in [7, 11) is 1.35. The van der Waals surface area contributed by atoms with Gasteiger partial charge >= 0.3 is 5.97 Å². The first kappa shape index (κ1) is 13.6. The van der Waals surface area contributed by atoms with Crippen LogP contribution in [0.4, 0.5) is 0 Å². The third-order valence-corrected chi connectivity index (χ3v) is 3.51.